The van der Waals surface area contributed by atoms with Gasteiger partial charge >= 0.3 is 11.6 Å². The van der Waals surface area contributed by atoms with Crippen LogP contribution in [0.15, 0.2) is 57.7 Å². The third-order valence-corrected chi connectivity index (χ3v) is 4.48. The van der Waals surface area contributed by atoms with Crippen molar-refractivity contribution >= 4 is 22.8 Å². The van der Waals surface area contributed by atoms with E-state index in [2.05, 4.69) is 5.32 Å². The Morgan fingerprint density at radius 3 is 2.50 bits per heavy atom. The molecule has 3 aromatic rings. The maximum Gasteiger partial charge on any atom is 0.339 e. The Hall–Kier alpha value is -3.61. The van der Waals surface area contributed by atoms with Gasteiger partial charge in [0.15, 0.2) is 12.6 Å². The molecule has 0 aliphatic heterocycles. The van der Waals surface area contributed by atoms with Crippen molar-refractivity contribution in [1.82, 2.24) is 5.32 Å². The smallest absolute Gasteiger partial charge is 0.339 e. The first-order chi connectivity index (χ1) is 13.4. The van der Waals surface area contributed by atoms with Crippen molar-refractivity contribution in [2.24, 2.45) is 0 Å². The minimum absolute atomic E-state index is 0.334. The summed E-state index contributed by atoms with van der Waals surface area (Å²) in [6, 6.07) is 12.2. The van der Waals surface area contributed by atoms with E-state index in [9.17, 15) is 19.5 Å². The molecule has 0 saturated heterocycles. The summed E-state index contributed by atoms with van der Waals surface area (Å²) in [6.45, 7) is 3.15. The SMILES string of the molecule is Cc1c(C)c2ccc(OCC(=O)N[C@@H](C(=O)O)c3ccccc3)cc2oc1=O. The van der Waals surface area contributed by atoms with Gasteiger partial charge in [0, 0.05) is 17.0 Å². The van der Waals surface area contributed by atoms with Crippen LogP contribution in [0.1, 0.15) is 22.7 Å². The van der Waals surface area contributed by atoms with Gasteiger partial charge in [0.05, 0.1) is 0 Å². The molecule has 0 aliphatic rings. The highest BCUT2D eigenvalue weighted by Gasteiger charge is 2.22. The maximum absolute atomic E-state index is 12.1. The van der Waals surface area contributed by atoms with Gasteiger partial charge in [-0.2, -0.15) is 0 Å². The number of fused-ring (bicyclic) bond motifs is 1. The van der Waals surface area contributed by atoms with Crippen LogP contribution in [0.2, 0.25) is 0 Å². The van der Waals surface area contributed by atoms with E-state index >= 15 is 0 Å². The van der Waals surface area contributed by atoms with E-state index in [4.69, 9.17) is 9.15 Å². The van der Waals surface area contributed by atoms with E-state index in [1.165, 1.54) is 6.07 Å². The lowest BCUT2D eigenvalue weighted by Crippen LogP contribution is -2.36. The predicted molar refractivity (Wildman–Crippen MR) is 102 cm³/mol. The highest BCUT2D eigenvalue weighted by atomic mass is 16.5. The third-order valence-electron chi connectivity index (χ3n) is 4.48. The molecule has 144 valence electrons. The van der Waals surface area contributed by atoms with Crippen LogP contribution in [0.5, 0.6) is 5.75 Å². The number of nitrogens with one attached hydrogen (secondary N) is 1. The molecule has 1 amide bonds. The van der Waals surface area contributed by atoms with Crippen LogP contribution in [-0.2, 0) is 9.59 Å². The zero-order chi connectivity index (χ0) is 20.3. The highest BCUT2D eigenvalue weighted by molar-refractivity contribution is 5.85. The fourth-order valence-corrected chi connectivity index (χ4v) is 2.80. The molecule has 3 rings (SSSR count). The van der Waals surface area contributed by atoms with E-state index in [0.717, 1.165) is 10.9 Å². The van der Waals surface area contributed by atoms with Crippen LogP contribution >= 0.6 is 0 Å². The Bertz CT molecular complexity index is 1090. The molecular formula is C21H19NO6. The minimum Gasteiger partial charge on any atom is -0.484 e. The molecule has 2 N–H and O–H groups in total. The van der Waals surface area contributed by atoms with Crippen molar-refractivity contribution < 1.29 is 23.8 Å². The number of rotatable bonds is 6. The number of carboxylic acid groups (broad SMARTS) is 1. The largest absolute Gasteiger partial charge is 0.484 e. The number of aliphatic carboxylic acids is 1. The summed E-state index contributed by atoms with van der Waals surface area (Å²) in [4.78, 5) is 35.4. The molecule has 0 radical (unpaired) electrons. The number of carbonyl (C=O) groups is 2. The molecule has 0 fully saturated rings. The van der Waals surface area contributed by atoms with Crippen molar-refractivity contribution in [3.05, 3.63) is 75.6 Å². The van der Waals surface area contributed by atoms with Gasteiger partial charge in [-0.3, -0.25) is 4.79 Å². The van der Waals surface area contributed by atoms with Crippen LogP contribution in [0.3, 0.4) is 0 Å². The van der Waals surface area contributed by atoms with Crippen molar-refractivity contribution in [3.8, 4) is 5.75 Å². The first kappa shape index (κ1) is 19.2. The summed E-state index contributed by atoms with van der Waals surface area (Å²) in [7, 11) is 0. The first-order valence-corrected chi connectivity index (χ1v) is 8.61. The van der Waals surface area contributed by atoms with Gasteiger partial charge in [0.2, 0.25) is 0 Å². The highest BCUT2D eigenvalue weighted by Crippen LogP contribution is 2.24. The molecule has 1 aromatic heterocycles. The van der Waals surface area contributed by atoms with Crippen molar-refractivity contribution in [2.75, 3.05) is 6.61 Å². The Morgan fingerprint density at radius 1 is 1.11 bits per heavy atom. The summed E-state index contributed by atoms with van der Waals surface area (Å²) in [5.74, 6) is -1.42. The number of ether oxygens (including phenoxy) is 1. The monoisotopic (exact) mass is 381 g/mol. The van der Waals surface area contributed by atoms with Crippen molar-refractivity contribution in [2.45, 2.75) is 19.9 Å². The second kappa shape index (κ2) is 7.96. The van der Waals surface area contributed by atoms with Crippen molar-refractivity contribution in [1.29, 1.82) is 0 Å². The van der Waals surface area contributed by atoms with Gasteiger partial charge in [-0.15, -0.1) is 0 Å². The Labute approximate surface area is 160 Å². The number of hydrogen-bond donors (Lipinski definition) is 2. The number of amides is 1. The molecule has 2 aromatic carbocycles. The Morgan fingerprint density at radius 2 is 1.82 bits per heavy atom. The minimum atomic E-state index is -1.17. The van der Waals surface area contributed by atoms with Crippen molar-refractivity contribution in [3.63, 3.8) is 0 Å². The quantitative estimate of drug-likeness (QED) is 0.636. The summed E-state index contributed by atoms with van der Waals surface area (Å²) in [6.07, 6.45) is 0. The lowest BCUT2D eigenvalue weighted by atomic mass is 10.1. The zero-order valence-corrected chi connectivity index (χ0v) is 15.4. The van der Waals surface area contributed by atoms with E-state index < -0.39 is 23.5 Å². The summed E-state index contributed by atoms with van der Waals surface area (Å²) in [5, 5.41) is 12.6. The molecule has 1 heterocycles. The molecule has 0 saturated carbocycles. The zero-order valence-electron chi connectivity index (χ0n) is 15.4. The second-order valence-electron chi connectivity index (χ2n) is 6.34. The molecular weight excluding hydrogens is 362 g/mol. The van der Waals surface area contributed by atoms with Gasteiger partial charge in [-0.25, -0.2) is 9.59 Å². The first-order valence-electron chi connectivity index (χ1n) is 8.61. The van der Waals surface area contributed by atoms with E-state index in [0.29, 0.717) is 22.5 Å². The normalized spacial score (nSPS) is 11.8. The molecule has 28 heavy (non-hydrogen) atoms. The van der Waals surface area contributed by atoms with E-state index in [-0.39, 0.29) is 6.61 Å². The maximum atomic E-state index is 12.1. The van der Waals surface area contributed by atoms with Gasteiger partial charge in [0.1, 0.15) is 11.3 Å². The average molecular weight is 381 g/mol. The average Bonchev–Trinajstić information content (AvgIpc) is 2.69. The van der Waals surface area contributed by atoms with Crippen LogP contribution in [0.4, 0.5) is 0 Å². The topological polar surface area (TPSA) is 106 Å². The fraction of sp³-hybridized carbons (Fsp3) is 0.190. The molecule has 7 nitrogen and oxygen atoms in total. The Balaban J connectivity index is 1.71. The standard InChI is InChI=1S/C21H19NO6/c1-12-13(2)21(26)28-17-10-15(8-9-16(12)17)27-11-18(23)22-19(20(24)25)14-6-4-3-5-7-14/h3-10,19H,11H2,1-2H3,(H,22,23)(H,24,25)/t19-/m1/s1. The van der Waals surface area contributed by atoms with Crippen LogP contribution in [0, 0.1) is 13.8 Å². The van der Waals surface area contributed by atoms with E-state index in [1.54, 1.807) is 49.4 Å². The molecule has 0 bridgehead atoms. The van der Waals surface area contributed by atoms with Crippen LogP contribution in [-0.4, -0.2) is 23.6 Å². The third kappa shape index (κ3) is 4.03. The van der Waals surface area contributed by atoms with E-state index in [1.807, 2.05) is 6.92 Å². The fourth-order valence-electron chi connectivity index (χ4n) is 2.80. The molecule has 1 atom stereocenters. The number of carbonyl (C=O) groups excluding carboxylic acids is 1. The lowest BCUT2D eigenvalue weighted by Gasteiger charge is -2.15. The number of benzene rings is 2. The summed E-state index contributed by atoms with van der Waals surface area (Å²) >= 11 is 0. The predicted octanol–water partition coefficient (Wildman–Crippen LogP) is 2.73. The van der Waals surface area contributed by atoms with Crippen LogP contribution in [0.25, 0.3) is 11.0 Å². The number of carboxylic acids is 1. The molecule has 0 unspecified atom stereocenters. The molecule has 0 spiro atoms. The van der Waals surface area contributed by atoms with Gasteiger partial charge in [-0.1, -0.05) is 30.3 Å². The number of aryl methyl sites for hydroxylation is 1. The summed E-state index contributed by atoms with van der Waals surface area (Å²) < 4.78 is 10.7. The number of hydrogen-bond acceptors (Lipinski definition) is 5. The van der Waals surface area contributed by atoms with Gasteiger partial charge in [-0.05, 0) is 37.1 Å². The van der Waals surface area contributed by atoms with Gasteiger partial charge in [0.25, 0.3) is 5.91 Å². The molecule has 0 aliphatic carbocycles. The summed E-state index contributed by atoms with van der Waals surface area (Å²) in [5.41, 5.74) is 1.76. The van der Waals surface area contributed by atoms with Crippen LogP contribution < -0.4 is 15.7 Å². The van der Waals surface area contributed by atoms with Gasteiger partial charge < -0.3 is 19.6 Å². The molecule has 7 heteroatoms. The second-order valence-corrected chi connectivity index (χ2v) is 6.34. The Kier molecular flexibility index (Phi) is 5.44. The lowest BCUT2D eigenvalue weighted by molar-refractivity contribution is -0.142.